The molecule has 1 unspecified atom stereocenters. The molecule has 1 rings (SSSR count). The minimum Gasteiger partial charge on any atom is -0.490 e. The molecule has 1 aromatic rings. The molecule has 0 fully saturated rings. The Morgan fingerprint density at radius 3 is 2.53 bits per heavy atom. The fourth-order valence-electron chi connectivity index (χ4n) is 1.43. The van der Waals surface area contributed by atoms with E-state index in [1.807, 2.05) is 0 Å². The molecule has 92 valence electrons. The first-order valence-electron chi connectivity index (χ1n) is 4.91. The Hall–Kier alpha value is -2.11. The predicted octanol–water partition coefficient (Wildman–Crippen LogP) is 1.88. The molecule has 17 heavy (non-hydrogen) atoms. The smallest absolute Gasteiger partial charge is 0.312 e. The first-order chi connectivity index (χ1) is 8.01. The largest absolute Gasteiger partial charge is 0.490 e. The van der Waals surface area contributed by atoms with Crippen LogP contribution in [0.25, 0.3) is 0 Å². The summed E-state index contributed by atoms with van der Waals surface area (Å²) < 4.78 is 9.52. The molecule has 0 saturated carbocycles. The molecule has 0 aromatic heterocycles. The molecule has 1 aromatic carbocycles. The third-order valence-electron chi connectivity index (χ3n) is 2.46. The number of methoxy groups -OCH3 is 2. The van der Waals surface area contributed by atoms with Crippen LogP contribution >= 0.6 is 0 Å². The molecule has 0 aliphatic carbocycles. The van der Waals surface area contributed by atoms with Gasteiger partial charge in [0.05, 0.1) is 25.1 Å². The lowest BCUT2D eigenvalue weighted by molar-refractivity contribution is -0.385. The van der Waals surface area contributed by atoms with Crippen LogP contribution in [0.15, 0.2) is 18.2 Å². The Kier molecular flexibility index (Phi) is 4.03. The number of hydrogen-bond donors (Lipinski definition) is 0. The van der Waals surface area contributed by atoms with Gasteiger partial charge in [0.1, 0.15) is 0 Å². The van der Waals surface area contributed by atoms with Crippen molar-refractivity contribution >= 4 is 11.7 Å². The van der Waals surface area contributed by atoms with Crippen LogP contribution in [-0.4, -0.2) is 25.1 Å². The van der Waals surface area contributed by atoms with E-state index in [9.17, 15) is 14.9 Å². The van der Waals surface area contributed by atoms with Gasteiger partial charge in [-0.1, -0.05) is 6.07 Å². The van der Waals surface area contributed by atoms with Gasteiger partial charge in [-0.05, 0) is 18.6 Å². The highest BCUT2D eigenvalue weighted by atomic mass is 16.6. The van der Waals surface area contributed by atoms with E-state index in [0.29, 0.717) is 5.56 Å². The van der Waals surface area contributed by atoms with Crippen LogP contribution in [0.1, 0.15) is 18.4 Å². The van der Waals surface area contributed by atoms with E-state index in [-0.39, 0.29) is 11.4 Å². The summed E-state index contributed by atoms with van der Waals surface area (Å²) in [5.41, 5.74) is 0.479. The summed E-state index contributed by atoms with van der Waals surface area (Å²) in [7, 11) is 2.64. The topological polar surface area (TPSA) is 78.7 Å². The van der Waals surface area contributed by atoms with E-state index in [1.165, 1.54) is 32.4 Å². The SMILES string of the molecule is COC(=O)C(C)c1ccc([N+](=O)[O-])c(OC)c1. The van der Waals surface area contributed by atoms with Gasteiger partial charge in [-0.3, -0.25) is 14.9 Å². The monoisotopic (exact) mass is 239 g/mol. The fourth-order valence-corrected chi connectivity index (χ4v) is 1.43. The van der Waals surface area contributed by atoms with Crippen molar-refractivity contribution in [3.05, 3.63) is 33.9 Å². The lowest BCUT2D eigenvalue weighted by Crippen LogP contribution is -2.11. The zero-order chi connectivity index (χ0) is 13.0. The minimum absolute atomic E-state index is 0.128. The van der Waals surface area contributed by atoms with E-state index in [2.05, 4.69) is 4.74 Å². The molecule has 0 saturated heterocycles. The Morgan fingerprint density at radius 1 is 1.41 bits per heavy atom. The second kappa shape index (κ2) is 5.29. The summed E-state index contributed by atoms with van der Waals surface area (Å²) in [4.78, 5) is 21.5. The number of nitro groups is 1. The highest BCUT2D eigenvalue weighted by Gasteiger charge is 2.20. The van der Waals surface area contributed by atoms with Gasteiger partial charge < -0.3 is 9.47 Å². The Morgan fingerprint density at radius 2 is 2.06 bits per heavy atom. The first kappa shape index (κ1) is 13.0. The quantitative estimate of drug-likeness (QED) is 0.455. The van der Waals surface area contributed by atoms with E-state index in [1.54, 1.807) is 6.92 Å². The number of nitro benzene ring substituents is 1. The Balaban J connectivity index is 3.13. The van der Waals surface area contributed by atoms with Crippen molar-refractivity contribution in [2.24, 2.45) is 0 Å². The van der Waals surface area contributed by atoms with Crippen LogP contribution in [-0.2, 0) is 9.53 Å². The van der Waals surface area contributed by atoms with Crippen molar-refractivity contribution in [2.75, 3.05) is 14.2 Å². The van der Waals surface area contributed by atoms with Gasteiger partial charge >= 0.3 is 11.7 Å². The summed E-state index contributed by atoms with van der Waals surface area (Å²) in [6, 6.07) is 4.30. The Bertz CT molecular complexity index is 443. The Labute approximate surface area is 98.3 Å². The lowest BCUT2D eigenvalue weighted by Gasteiger charge is -2.10. The molecule has 0 N–H and O–H groups in total. The number of benzene rings is 1. The number of nitrogens with zero attached hydrogens (tertiary/aromatic N) is 1. The second-order valence-corrected chi connectivity index (χ2v) is 3.43. The zero-order valence-corrected chi connectivity index (χ0v) is 9.80. The molecule has 6 heteroatoms. The first-order valence-corrected chi connectivity index (χ1v) is 4.91. The van der Waals surface area contributed by atoms with Crippen LogP contribution in [0.2, 0.25) is 0 Å². The molecule has 0 spiro atoms. The van der Waals surface area contributed by atoms with Crippen molar-refractivity contribution in [3.8, 4) is 5.75 Å². The van der Waals surface area contributed by atoms with Gasteiger partial charge in [0.25, 0.3) is 0 Å². The molecule has 0 radical (unpaired) electrons. The molecule has 0 aliphatic heterocycles. The van der Waals surface area contributed by atoms with E-state index >= 15 is 0 Å². The van der Waals surface area contributed by atoms with Gasteiger partial charge in [0, 0.05) is 6.07 Å². The van der Waals surface area contributed by atoms with E-state index in [0.717, 1.165) is 0 Å². The van der Waals surface area contributed by atoms with Gasteiger partial charge in [0.2, 0.25) is 0 Å². The van der Waals surface area contributed by atoms with Gasteiger partial charge in [-0.25, -0.2) is 0 Å². The van der Waals surface area contributed by atoms with E-state index in [4.69, 9.17) is 4.74 Å². The van der Waals surface area contributed by atoms with E-state index < -0.39 is 16.8 Å². The van der Waals surface area contributed by atoms with Crippen molar-refractivity contribution in [2.45, 2.75) is 12.8 Å². The number of hydrogen-bond acceptors (Lipinski definition) is 5. The highest BCUT2D eigenvalue weighted by molar-refractivity contribution is 5.78. The minimum atomic E-state index is -0.536. The van der Waals surface area contributed by atoms with Crippen LogP contribution in [0.5, 0.6) is 5.75 Å². The zero-order valence-electron chi connectivity index (χ0n) is 9.80. The number of carbonyl (C=O) groups excluding carboxylic acids is 1. The molecule has 0 bridgehead atoms. The highest BCUT2D eigenvalue weighted by Crippen LogP contribution is 2.30. The maximum Gasteiger partial charge on any atom is 0.312 e. The maximum atomic E-state index is 11.3. The molecule has 0 heterocycles. The third-order valence-corrected chi connectivity index (χ3v) is 2.46. The van der Waals surface area contributed by atoms with Crippen molar-refractivity contribution in [1.29, 1.82) is 0 Å². The average Bonchev–Trinajstić information content (AvgIpc) is 2.35. The molecule has 6 nitrogen and oxygen atoms in total. The standard InChI is InChI=1S/C11H13NO5/c1-7(11(13)17-3)8-4-5-9(12(14)15)10(6-8)16-2/h4-7H,1-3H3. The molecular formula is C11H13NO5. The summed E-state index contributed by atoms with van der Waals surface area (Å²) in [5, 5.41) is 10.7. The van der Waals surface area contributed by atoms with Crippen LogP contribution < -0.4 is 4.74 Å². The number of rotatable bonds is 4. The normalized spacial score (nSPS) is 11.7. The molecular weight excluding hydrogens is 226 g/mol. The number of ether oxygens (including phenoxy) is 2. The van der Waals surface area contributed by atoms with Crippen molar-refractivity contribution in [3.63, 3.8) is 0 Å². The summed E-state index contributed by atoms with van der Waals surface area (Å²) in [6.07, 6.45) is 0. The second-order valence-electron chi connectivity index (χ2n) is 3.43. The molecule has 0 amide bonds. The summed E-state index contributed by atoms with van der Waals surface area (Å²) in [6.45, 7) is 1.66. The maximum absolute atomic E-state index is 11.3. The lowest BCUT2D eigenvalue weighted by atomic mass is 10.0. The van der Waals surface area contributed by atoms with Crippen LogP contribution in [0.4, 0.5) is 5.69 Å². The van der Waals surface area contributed by atoms with Crippen molar-refractivity contribution in [1.82, 2.24) is 0 Å². The van der Waals surface area contributed by atoms with Crippen LogP contribution in [0, 0.1) is 10.1 Å². The average molecular weight is 239 g/mol. The summed E-state index contributed by atoms with van der Waals surface area (Å²) in [5.74, 6) is -0.765. The third kappa shape index (κ3) is 2.72. The van der Waals surface area contributed by atoms with Gasteiger partial charge in [0.15, 0.2) is 5.75 Å². The van der Waals surface area contributed by atoms with Crippen LogP contribution in [0.3, 0.4) is 0 Å². The molecule has 1 atom stereocenters. The number of esters is 1. The molecule has 0 aliphatic rings. The predicted molar refractivity (Wildman–Crippen MR) is 60.1 cm³/mol. The fraction of sp³-hybridized carbons (Fsp3) is 0.364. The van der Waals surface area contributed by atoms with Gasteiger partial charge in [-0.2, -0.15) is 0 Å². The van der Waals surface area contributed by atoms with Crippen molar-refractivity contribution < 1.29 is 19.2 Å². The number of carbonyl (C=O) groups is 1. The van der Waals surface area contributed by atoms with Gasteiger partial charge in [-0.15, -0.1) is 0 Å². The summed E-state index contributed by atoms with van der Waals surface area (Å²) >= 11 is 0.